The van der Waals surface area contributed by atoms with Gasteiger partial charge in [-0.2, -0.15) is 0 Å². The molecule has 0 radical (unpaired) electrons. The van der Waals surface area contributed by atoms with Crippen molar-refractivity contribution in [3.63, 3.8) is 0 Å². The van der Waals surface area contributed by atoms with Gasteiger partial charge in [0.1, 0.15) is 4.21 Å². The average molecular weight is 577 g/mol. The van der Waals surface area contributed by atoms with Gasteiger partial charge in [0.05, 0.1) is 17.8 Å². The number of nitrogens with zero attached hydrogens (tertiary/aromatic N) is 3. The number of sulfonamides is 1. The van der Waals surface area contributed by atoms with Gasteiger partial charge < -0.3 is 9.09 Å². The summed E-state index contributed by atoms with van der Waals surface area (Å²) in [5.74, 6) is 0.120. The van der Waals surface area contributed by atoms with Gasteiger partial charge in [0.25, 0.3) is 15.6 Å². The molecule has 4 heterocycles. The molecule has 0 saturated carbocycles. The zero-order chi connectivity index (χ0) is 28.8. The lowest BCUT2D eigenvalue weighted by Gasteiger charge is -2.15. The van der Waals surface area contributed by atoms with Gasteiger partial charge in [0, 0.05) is 38.8 Å². The molecule has 0 amide bonds. The van der Waals surface area contributed by atoms with E-state index >= 15 is 0 Å². The summed E-state index contributed by atoms with van der Waals surface area (Å²) in [5.41, 5.74) is 7.33. The highest BCUT2D eigenvalue weighted by molar-refractivity contribution is 7.94. The van der Waals surface area contributed by atoms with E-state index in [1.54, 1.807) is 24.5 Å². The molecule has 0 spiro atoms. The fourth-order valence-electron chi connectivity index (χ4n) is 4.90. The first-order valence-corrected chi connectivity index (χ1v) is 15.5. The quantitative estimate of drug-likeness (QED) is 0.232. The maximum absolute atomic E-state index is 13.4. The molecule has 5 rings (SSSR count). The van der Waals surface area contributed by atoms with Crippen molar-refractivity contribution in [3.8, 4) is 11.1 Å². The first-order valence-electron chi connectivity index (χ1n) is 13.2. The molecule has 208 valence electrons. The van der Waals surface area contributed by atoms with Crippen molar-refractivity contribution < 1.29 is 12.9 Å². The lowest BCUT2D eigenvalue weighted by molar-refractivity contribution is 0.430. The Labute approximate surface area is 237 Å². The monoisotopic (exact) mass is 576 g/mol. The SMILES string of the molecule is CCc1cc2c(ccc(=O)n2Cc2ccc(-c3cc(C)sc3S(=O)(=O)Nc3onc(C)c3C)c(C)c2)c(CC)n1. The topological polar surface area (TPSA) is 107 Å². The Kier molecular flexibility index (Phi) is 7.41. The second-order valence-electron chi connectivity index (χ2n) is 9.99. The van der Waals surface area contributed by atoms with Gasteiger partial charge in [-0.3, -0.25) is 9.78 Å². The van der Waals surface area contributed by atoms with Crippen LogP contribution in [0, 0.1) is 27.7 Å². The normalized spacial score (nSPS) is 11.8. The second kappa shape index (κ2) is 10.7. The lowest BCUT2D eigenvalue weighted by atomic mass is 10.00. The molecule has 0 bridgehead atoms. The van der Waals surface area contributed by atoms with Gasteiger partial charge in [-0.25, -0.2) is 13.1 Å². The number of rotatable bonds is 8. The molecule has 1 N–H and O–H groups in total. The van der Waals surface area contributed by atoms with E-state index < -0.39 is 10.0 Å². The Morgan fingerprint density at radius 1 is 0.975 bits per heavy atom. The fourth-order valence-corrected chi connectivity index (χ4v) is 7.59. The van der Waals surface area contributed by atoms with Gasteiger partial charge in [-0.1, -0.05) is 37.2 Å². The summed E-state index contributed by atoms with van der Waals surface area (Å²) in [4.78, 5) is 18.6. The highest BCUT2D eigenvalue weighted by Gasteiger charge is 2.26. The Hall–Kier alpha value is -3.76. The number of fused-ring (bicyclic) bond motifs is 1. The Bertz CT molecular complexity index is 1920. The molecule has 4 aromatic heterocycles. The minimum atomic E-state index is -3.92. The number of aromatic nitrogens is 3. The number of hydrogen-bond acceptors (Lipinski definition) is 7. The molecule has 0 aliphatic carbocycles. The Morgan fingerprint density at radius 3 is 2.40 bits per heavy atom. The van der Waals surface area contributed by atoms with Crippen LogP contribution in [0.1, 0.15) is 52.5 Å². The minimum Gasteiger partial charge on any atom is -0.337 e. The van der Waals surface area contributed by atoms with Crippen molar-refractivity contribution in [1.82, 2.24) is 14.7 Å². The zero-order valence-corrected chi connectivity index (χ0v) is 25.1. The van der Waals surface area contributed by atoms with Gasteiger partial charge in [-0.05, 0) is 75.4 Å². The van der Waals surface area contributed by atoms with Crippen molar-refractivity contribution in [1.29, 1.82) is 0 Å². The molecule has 0 saturated heterocycles. The number of thiophene rings is 1. The van der Waals surface area contributed by atoms with Gasteiger partial charge in [-0.15, -0.1) is 11.3 Å². The zero-order valence-electron chi connectivity index (χ0n) is 23.5. The summed E-state index contributed by atoms with van der Waals surface area (Å²) < 4.78 is 36.6. The van der Waals surface area contributed by atoms with Crippen LogP contribution in [0.5, 0.6) is 0 Å². The van der Waals surface area contributed by atoms with Crippen LogP contribution < -0.4 is 10.3 Å². The van der Waals surface area contributed by atoms with Gasteiger partial charge in [0.2, 0.25) is 5.88 Å². The molecule has 0 atom stereocenters. The van der Waals surface area contributed by atoms with Crippen LogP contribution in [0.3, 0.4) is 0 Å². The second-order valence-corrected chi connectivity index (χ2v) is 13.1. The van der Waals surface area contributed by atoms with Crippen LogP contribution >= 0.6 is 11.3 Å². The highest BCUT2D eigenvalue weighted by Crippen LogP contribution is 2.38. The van der Waals surface area contributed by atoms with Gasteiger partial charge in [0.15, 0.2) is 0 Å². The van der Waals surface area contributed by atoms with E-state index in [4.69, 9.17) is 9.51 Å². The van der Waals surface area contributed by atoms with Crippen molar-refractivity contribution in [2.45, 2.75) is 65.1 Å². The first kappa shape index (κ1) is 27.8. The van der Waals surface area contributed by atoms with Crippen LogP contribution in [0.4, 0.5) is 5.88 Å². The smallest absolute Gasteiger partial charge is 0.274 e. The highest BCUT2D eigenvalue weighted by atomic mass is 32.2. The number of hydrogen-bond donors (Lipinski definition) is 1. The molecule has 0 unspecified atom stereocenters. The average Bonchev–Trinajstić information content (AvgIpc) is 3.47. The molecule has 0 fully saturated rings. The predicted molar refractivity (Wildman–Crippen MR) is 160 cm³/mol. The van der Waals surface area contributed by atoms with Crippen LogP contribution in [0.25, 0.3) is 22.0 Å². The number of benzene rings is 1. The van der Waals surface area contributed by atoms with E-state index in [1.807, 2.05) is 50.2 Å². The van der Waals surface area contributed by atoms with Crippen LogP contribution in [-0.4, -0.2) is 23.1 Å². The third kappa shape index (κ3) is 5.09. The maximum atomic E-state index is 13.4. The van der Waals surface area contributed by atoms with Crippen molar-refractivity contribution in [3.05, 3.63) is 91.5 Å². The van der Waals surface area contributed by atoms with Crippen molar-refractivity contribution in [2.75, 3.05) is 4.72 Å². The van der Waals surface area contributed by atoms with E-state index in [2.05, 4.69) is 23.7 Å². The number of anilines is 1. The number of nitrogens with one attached hydrogen (secondary N) is 1. The summed E-state index contributed by atoms with van der Waals surface area (Å²) in [6.07, 6.45) is 1.57. The minimum absolute atomic E-state index is 0.0737. The largest absolute Gasteiger partial charge is 0.337 e. The standard InChI is InChI=1S/C30H32N4O4S2/c1-7-22-15-27-24(26(8-2)31-22)11-12-28(35)34(27)16-21-9-10-23(17(3)13-21)25-14-18(4)39-30(25)40(36,37)33-29-19(5)20(6)32-38-29/h9-15,33H,7-8,16H2,1-6H3. The van der Waals surface area contributed by atoms with E-state index in [-0.39, 0.29) is 15.7 Å². The number of aryl methyl sites for hydroxylation is 5. The third-order valence-electron chi connectivity index (χ3n) is 7.19. The molecule has 1 aromatic carbocycles. The van der Waals surface area contributed by atoms with Crippen LogP contribution in [-0.2, 0) is 29.4 Å². The molecule has 8 nitrogen and oxygen atoms in total. The Balaban J connectivity index is 1.53. The van der Waals surface area contributed by atoms with Gasteiger partial charge >= 0.3 is 0 Å². The summed E-state index contributed by atoms with van der Waals surface area (Å²) in [6.45, 7) is 11.9. The molecule has 5 aromatic rings. The molecule has 10 heteroatoms. The van der Waals surface area contributed by atoms with Crippen molar-refractivity contribution >= 4 is 38.1 Å². The lowest BCUT2D eigenvalue weighted by Crippen LogP contribution is -2.21. The van der Waals surface area contributed by atoms with E-state index in [9.17, 15) is 13.2 Å². The first-order chi connectivity index (χ1) is 19.0. The summed E-state index contributed by atoms with van der Waals surface area (Å²) in [6, 6.07) is 13.3. The Morgan fingerprint density at radius 2 is 1.75 bits per heavy atom. The van der Waals surface area contributed by atoms with Crippen LogP contribution in [0.15, 0.2) is 56.0 Å². The molecular weight excluding hydrogens is 544 g/mol. The molecule has 0 aliphatic rings. The van der Waals surface area contributed by atoms with Crippen LogP contribution in [0.2, 0.25) is 0 Å². The maximum Gasteiger partial charge on any atom is 0.274 e. The summed E-state index contributed by atoms with van der Waals surface area (Å²) >= 11 is 1.21. The fraction of sp³-hybridized carbons (Fsp3) is 0.300. The van der Waals surface area contributed by atoms with Crippen molar-refractivity contribution in [2.24, 2.45) is 0 Å². The summed E-state index contributed by atoms with van der Waals surface area (Å²) in [5, 5.41) is 4.84. The predicted octanol–water partition coefficient (Wildman–Crippen LogP) is 6.32. The molecular formula is C30H32N4O4S2. The molecule has 0 aliphatic heterocycles. The third-order valence-corrected chi connectivity index (χ3v) is 10.1. The van der Waals surface area contributed by atoms with E-state index in [1.165, 1.54) is 11.3 Å². The molecule has 40 heavy (non-hydrogen) atoms. The number of pyridine rings is 2. The summed E-state index contributed by atoms with van der Waals surface area (Å²) in [7, 11) is -3.92. The van der Waals surface area contributed by atoms with E-state index in [0.29, 0.717) is 23.4 Å². The van der Waals surface area contributed by atoms with E-state index in [0.717, 1.165) is 56.7 Å².